The lowest BCUT2D eigenvalue weighted by atomic mass is 10.2. The monoisotopic (exact) mass is 567 g/mol. The van der Waals surface area contributed by atoms with Gasteiger partial charge in [0.15, 0.2) is 10.9 Å². The summed E-state index contributed by atoms with van der Waals surface area (Å²) in [6.45, 7) is 8.29. The van der Waals surface area contributed by atoms with Gasteiger partial charge in [-0.1, -0.05) is 58.4 Å². The second kappa shape index (κ2) is 11.3. The van der Waals surface area contributed by atoms with Gasteiger partial charge in [-0.3, -0.25) is 4.79 Å². The number of thioether (sulfide) groups is 1. The summed E-state index contributed by atoms with van der Waals surface area (Å²) >= 11 is 14.3. The van der Waals surface area contributed by atoms with E-state index in [0.717, 1.165) is 28.3 Å². The first-order valence-corrected chi connectivity index (χ1v) is 14.0. The number of rotatable bonds is 6. The summed E-state index contributed by atoms with van der Waals surface area (Å²) in [5, 5.41) is 10.7. The zero-order valence-electron chi connectivity index (χ0n) is 21.4. The highest BCUT2D eigenvalue weighted by Gasteiger charge is 2.29. The molecule has 1 aliphatic rings. The molecule has 2 aromatic carbocycles. The minimum absolute atomic E-state index is 0.148. The van der Waals surface area contributed by atoms with Crippen molar-refractivity contribution in [1.82, 2.24) is 29.9 Å². The molecule has 38 heavy (non-hydrogen) atoms. The maximum Gasteiger partial charge on any atom is 0.276 e. The molecule has 1 saturated heterocycles. The van der Waals surface area contributed by atoms with Crippen LogP contribution in [-0.2, 0) is 5.75 Å². The van der Waals surface area contributed by atoms with Gasteiger partial charge in [-0.15, -0.1) is 5.10 Å². The molecule has 3 heterocycles. The van der Waals surface area contributed by atoms with Crippen LogP contribution in [0.2, 0.25) is 10.0 Å². The molecule has 1 amide bonds. The Balaban J connectivity index is 1.41. The normalized spacial score (nSPS) is 13.7. The van der Waals surface area contributed by atoms with Gasteiger partial charge >= 0.3 is 0 Å². The number of benzene rings is 2. The second-order valence-electron chi connectivity index (χ2n) is 9.18. The second-order valence-corrected chi connectivity index (χ2v) is 10.9. The molecule has 1 fully saturated rings. The van der Waals surface area contributed by atoms with Gasteiger partial charge in [0, 0.05) is 48.3 Å². The van der Waals surface area contributed by atoms with E-state index in [0.29, 0.717) is 58.5 Å². The van der Waals surface area contributed by atoms with Gasteiger partial charge in [0.05, 0.1) is 22.1 Å². The molecule has 8 nitrogen and oxygen atoms in total. The predicted octanol–water partition coefficient (Wildman–Crippen LogP) is 5.54. The lowest BCUT2D eigenvalue weighted by Gasteiger charge is -2.36. The number of nitrogens with zero attached hydrogens (tertiary/aromatic N) is 7. The van der Waals surface area contributed by atoms with Gasteiger partial charge in [-0.05, 0) is 56.7 Å². The zero-order chi connectivity index (χ0) is 26.8. The first-order valence-electron chi connectivity index (χ1n) is 12.2. The van der Waals surface area contributed by atoms with Crippen LogP contribution >= 0.6 is 35.0 Å². The van der Waals surface area contributed by atoms with E-state index in [9.17, 15) is 4.79 Å². The molecule has 5 rings (SSSR count). The van der Waals surface area contributed by atoms with E-state index in [1.54, 1.807) is 4.68 Å². The first kappa shape index (κ1) is 26.5. The molecule has 0 saturated carbocycles. The lowest BCUT2D eigenvalue weighted by Crippen LogP contribution is -2.49. The largest absolute Gasteiger partial charge is 0.367 e. The minimum atomic E-state index is -0.148. The summed E-state index contributed by atoms with van der Waals surface area (Å²) in [4.78, 5) is 26.8. The van der Waals surface area contributed by atoms with Gasteiger partial charge in [0.1, 0.15) is 0 Å². The first-order chi connectivity index (χ1) is 18.3. The Hall–Kier alpha value is -3.14. The molecule has 0 N–H and O–H groups in total. The number of carbonyl (C=O) groups is 1. The number of amides is 1. The molecule has 2 aromatic heterocycles. The van der Waals surface area contributed by atoms with E-state index in [-0.39, 0.29) is 5.91 Å². The van der Waals surface area contributed by atoms with Crippen LogP contribution in [-0.4, -0.2) is 61.9 Å². The summed E-state index contributed by atoms with van der Waals surface area (Å²) in [5.74, 6) is 0.271. The summed E-state index contributed by atoms with van der Waals surface area (Å²) < 4.78 is 1.69. The van der Waals surface area contributed by atoms with Crippen molar-refractivity contribution in [3.8, 4) is 5.69 Å². The Morgan fingerprint density at radius 2 is 1.63 bits per heavy atom. The quantitative estimate of drug-likeness (QED) is 0.223. The van der Waals surface area contributed by atoms with E-state index in [1.165, 1.54) is 11.8 Å². The summed E-state index contributed by atoms with van der Waals surface area (Å²) in [6.07, 6.45) is 0. The van der Waals surface area contributed by atoms with E-state index in [4.69, 9.17) is 23.2 Å². The third-order valence-corrected chi connectivity index (χ3v) is 8.01. The number of aryl methyl sites for hydroxylation is 3. The predicted molar refractivity (Wildman–Crippen MR) is 152 cm³/mol. The lowest BCUT2D eigenvalue weighted by molar-refractivity contribution is 0.0740. The summed E-state index contributed by atoms with van der Waals surface area (Å²) in [5.41, 5.74) is 5.47. The number of hydrogen-bond acceptors (Lipinski definition) is 7. The number of piperazine rings is 1. The Morgan fingerprint density at radius 3 is 2.32 bits per heavy atom. The fraction of sp³-hybridized carbons (Fsp3) is 0.296. The van der Waals surface area contributed by atoms with Crippen LogP contribution in [0.25, 0.3) is 5.69 Å². The molecule has 0 unspecified atom stereocenters. The van der Waals surface area contributed by atoms with Crippen molar-refractivity contribution in [1.29, 1.82) is 0 Å². The molecular formula is C27H27Cl2N7OS. The average molecular weight is 569 g/mol. The van der Waals surface area contributed by atoms with Gasteiger partial charge in [-0.2, -0.15) is 0 Å². The Bertz CT molecular complexity index is 1460. The van der Waals surface area contributed by atoms with Gasteiger partial charge in [0.2, 0.25) is 0 Å². The number of hydrogen-bond donors (Lipinski definition) is 0. The Morgan fingerprint density at radius 1 is 0.921 bits per heavy atom. The Kier molecular flexibility index (Phi) is 7.88. The molecular weight excluding hydrogens is 541 g/mol. The van der Waals surface area contributed by atoms with Gasteiger partial charge < -0.3 is 9.80 Å². The van der Waals surface area contributed by atoms with Crippen LogP contribution in [0, 0.1) is 20.8 Å². The Labute approximate surface area is 236 Å². The van der Waals surface area contributed by atoms with Crippen molar-refractivity contribution in [2.24, 2.45) is 0 Å². The zero-order valence-corrected chi connectivity index (χ0v) is 23.7. The fourth-order valence-electron chi connectivity index (χ4n) is 4.42. The molecule has 0 spiro atoms. The molecule has 0 atom stereocenters. The third kappa shape index (κ3) is 5.65. The summed E-state index contributed by atoms with van der Waals surface area (Å²) in [7, 11) is 0. The number of anilines is 1. The molecule has 0 bridgehead atoms. The molecule has 1 aliphatic heterocycles. The molecule has 0 radical (unpaired) electrons. The van der Waals surface area contributed by atoms with Crippen LogP contribution in [0.5, 0.6) is 0 Å². The van der Waals surface area contributed by atoms with E-state index in [1.807, 2.05) is 74.2 Å². The van der Waals surface area contributed by atoms with Crippen molar-refractivity contribution in [3.63, 3.8) is 0 Å². The number of carbonyl (C=O) groups excluding carboxylic acids is 1. The fourth-order valence-corrected chi connectivity index (χ4v) is 5.79. The van der Waals surface area contributed by atoms with Crippen LogP contribution in [0.1, 0.15) is 33.1 Å². The highest BCUT2D eigenvalue weighted by Crippen LogP contribution is 2.28. The molecule has 196 valence electrons. The van der Waals surface area contributed by atoms with Crippen molar-refractivity contribution in [3.05, 3.63) is 86.9 Å². The van der Waals surface area contributed by atoms with E-state index in [2.05, 4.69) is 25.2 Å². The highest BCUT2D eigenvalue weighted by atomic mass is 35.5. The van der Waals surface area contributed by atoms with Crippen molar-refractivity contribution in [2.45, 2.75) is 31.7 Å². The van der Waals surface area contributed by atoms with E-state index < -0.39 is 0 Å². The van der Waals surface area contributed by atoms with Crippen LogP contribution in [0.4, 0.5) is 5.69 Å². The SMILES string of the molecule is Cc1cc(C)nc(SCc2c(C(=O)N3CCN(c4ccccc4Cl)CC3)nnn2-c2ccc(C)c(Cl)c2)n1. The summed E-state index contributed by atoms with van der Waals surface area (Å²) in [6, 6.07) is 15.4. The van der Waals surface area contributed by atoms with Crippen molar-refractivity contribution >= 4 is 46.6 Å². The molecule has 11 heteroatoms. The highest BCUT2D eigenvalue weighted by molar-refractivity contribution is 7.98. The minimum Gasteiger partial charge on any atom is -0.367 e. The number of aromatic nitrogens is 5. The maximum absolute atomic E-state index is 13.7. The molecule has 4 aromatic rings. The molecule has 0 aliphatic carbocycles. The number of para-hydroxylation sites is 1. The van der Waals surface area contributed by atoms with Crippen LogP contribution in [0.3, 0.4) is 0 Å². The number of halogens is 2. The topological polar surface area (TPSA) is 80.0 Å². The van der Waals surface area contributed by atoms with Crippen molar-refractivity contribution in [2.75, 3.05) is 31.1 Å². The average Bonchev–Trinajstić information content (AvgIpc) is 3.32. The van der Waals surface area contributed by atoms with Gasteiger partial charge in [-0.25, -0.2) is 14.6 Å². The van der Waals surface area contributed by atoms with Crippen molar-refractivity contribution < 1.29 is 4.79 Å². The van der Waals surface area contributed by atoms with Gasteiger partial charge in [0.25, 0.3) is 5.91 Å². The van der Waals surface area contributed by atoms with E-state index >= 15 is 0 Å². The third-order valence-electron chi connectivity index (χ3n) is 6.43. The van der Waals surface area contributed by atoms with Crippen LogP contribution < -0.4 is 4.90 Å². The smallest absolute Gasteiger partial charge is 0.276 e. The van der Waals surface area contributed by atoms with Crippen LogP contribution in [0.15, 0.2) is 53.7 Å². The standard InChI is InChI=1S/C27H27Cl2N7OS/c1-17-8-9-20(15-22(17)29)36-24(16-38-27-30-18(2)14-19(3)31-27)25(32-33-36)26(37)35-12-10-34(11-13-35)23-7-5-4-6-21(23)28/h4-9,14-15H,10-13,16H2,1-3H3. The maximum atomic E-state index is 13.7.